The Hall–Kier alpha value is -2.49. The molecule has 0 aliphatic carbocycles. The van der Waals surface area contributed by atoms with Crippen LogP contribution in [0.4, 0.5) is 5.69 Å². The van der Waals surface area contributed by atoms with Gasteiger partial charge in [-0.1, -0.05) is 12.1 Å². The van der Waals surface area contributed by atoms with Crippen molar-refractivity contribution in [2.45, 2.75) is 19.9 Å². The summed E-state index contributed by atoms with van der Waals surface area (Å²) in [5.41, 5.74) is 3.55. The number of hydrogen-bond donors (Lipinski definition) is 2. The van der Waals surface area contributed by atoms with Crippen molar-refractivity contribution in [2.24, 2.45) is 0 Å². The average Bonchev–Trinajstić information content (AvgIpc) is 2.49. The lowest BCUT2D eigenvalue weighted by Gasteiger charge is -2.18. The number of nitrogens with one attached hydrogen (secondary N) is 1. The monoisotopic (exact) mass is 285 g/mol. The Morgan fingerprint density at radius 1 is 1.19 bits per heavy atom. The van der Waals surface area contributed by atoms with Gasteiger partial charge >= 0.3 is 5.97 Å². The van der Waals surface area contributed by atoms with Crippen LogP contribution in [0.1, 0.15) is 34.5 Å². The van der Waals surface area contributed by atoms with Crippen LogP contribution in [-0.2, 0) is 4.74 Å². The van der Waals surface area contributed by atoms with E-state index >= 15 is 0 Å². The minimum absolute atomic E-state index is 0.0910. The molecule has 2 N–H and O–H groups in total. The Morgan fingerprint density at radius 2 is 1.86 bits per heavy atom. The number of hydrogen-bond acceptors (Lipinski definition) is 4. The molecule has 0 spiro atoms. The van der Waals surface area contributed by atoms with Gasteiger partial charge in [-0.2, -0.15) is 0 Å². The standard InChI is InChI=1S/C17H19NO3/c1-11-10-14(17(20)21-3)6-9-16(11)18-12(2)13-4-7-15(19)8-5-13/h4-10,12,18-19H,1-3H3. The zero-order valence-electron chi connectivity index (χ0n) is 12.4. The zero-order valence-corrected chi connectivity index (χ0v) is 12.4. The summed E-state index contributed by atoms with van der Waals surface area (Å²) in [5.74, 6) is -0.0826. The van der Waals surface area contributed by atoms with E-state index in [0.29, 0.717) is 5.56 Å². The van der Waals surface area contributed by atoms with Gasteiger partial charge < -0.3 is 15.2 Å². The molecule has 1 atom stereocenters. The fraction of sp³-hybridized carbons (Fsp3) is 0.235. The van der Waals surface area contributed by atoms with Crippen LogP contribution in [0, 0.1) is 6.92 Å². The van der Waals surface area contributed by atoms with Crippen molar-refractivity contribution < 1.29 is 14.6 Å². The summed E-state index contributed by atoms with van der Waals surface area (Å²) in [6.45, 7) is 3.98. The van der Waals surface area contributed by atoms with E-state index in [1.165, 1.54) is 7.11 Å². The number of methoxy groups -OCH3 is 1. The minimum atomic E-state index is -0.337. The van der Waals surface area contributed by atoms with Gasteiger partial charge in [0.05, 0.1) is 12.7 Å². The molecule has 1 unspecified atom stereocenters. The first-order valence-electron chi connectivity index (χ1n) is 6.75. The molecule has 21 heavy (non-hydrogen) atoms. The van der Waals surface area contributed by atoms with Gasteiger partial charge in [0, 0.05) is 11.7 Å². The van der Waals surface area contributed by atoms with Crippen molar-refractivity contribution in [1.82, 2.24) is 0 Å². The second kappa shape index (κ2) is 6.31. The third kappa shape index (κ3) is 3.54. The number of aryl methyl sites for hydroxylation is 1. The predicted octanol–water partition coefficient (Wildman–Crippen LogP) is 3.66. The van der Waals surface area contributed by atoms with E-state index in [4.69, 9.17) is 4.74 Å². The van der Waals surface area contributed by atoms with Crippen molar-refractivity contribution in [3.63, 3.8) is 0 Å². The maximum Gasteiger partial charge on any atom is 0.337 e. The second-order valence-electron chi connectivity index (χ2n) is 4.98. The number of benzene rings is 2. The number of ether oxygens (including phenoxy) is 1. The van der Waals surface area contributed by atoms with Crippen molar-refractivity contribution >= 4 is 11.7 Å². The first kappa shape index (κ1) is 14.9. The molecule has 110 valence electrons. The molecule has 0 heterocycles. The van der Waals surface area contributed by atoms with E-state index < -0.39 is 0 Å². The largest absolute Gasteiger partial charge is 0.508 e. The molecule has 0 bridgehead atoms. The smallest absolute Gasteiger partial charge is 0.337 e. The Morgan fingerprint density at radius 3 is 2.43 bits per heavy atom. The van der Waals surface area contributed by atoms with Crippen LogP contribution in [0.2, 0.25) is 0 Å². The molecule has 0 aliphatic rings. The zero-order chi connectivity index (χ0) is 15.4. The fourth-order valence-electron chi connectivity index (χ4n) is 2.15. The molecule has 2 aromatic rings. The minimum Gasteiger partial charge on any atom is -0.508 e. The van der Waals surface area contributed by atoms with Crippen LogP contribution >= 0.6 is 0 Å². The van der Waals surface area contributed by atoms with Crippen LogP contribution in [0.3, 0.4) is 0 Å². The Kier molecular flexibility index (Phi) is 4.48. The highest BCUT2D eigenvalue weighted by Gasteiger charge is 2.10. The summed E-state index contributed by atoms with van der Waals surface area (Å²) in [6.07, 6.45) is 0. The maximum absolute atomic E-state index is 11.5. The topological polar surface area (TPSA) is 58.6 Å². The molecular formula is C17H19NO3. The maximum atomic E-state index is 11.5. The number of anilines is 1. The summed E-state index contributed by atoms with van der Waals surface area (Å²) >= 11 is 0. The molecular weight excluding hydrogens is 266 g/mol. The molecule has 0 saturated carbocycles. The molecule has 0 saturated heterocycles. The third-order valence-corrected chi connectivity index (χ3v) is 3.41. The average molecular weight is 285 g/mol. The normalized spacial score (nSPS) is 11.8. The first-order valence-corrected chi connectivity index (χ1v) is 6.75. The van der Waals surface area contributed by atoms with Crippen LogP contribution < -0.4 is 5.32 Å². The molecule has 0 radical (unpaired) electrons. The number of phenols is 1. The van der Waals surface area contributed by atoms with E-state index in [2.05, 4.69) is 5.32 Å². The second-order valence-corrected chi connectivity index (χ2v) is 4.98. The van der Waals surface area contributed by atoms with Crippen LogP contribution in [-0.4, -0.2) is 18.2 Å². The van der Waals surface area contributed by atoms with Gasteiger partial charge in [0.25, 0.3) is 0 Å². The molecule has 2 aromatic carbocycles. The van der Waals surface area contributed by atoms with Gasteiger partial charge in [-0.3, -0.25) is 0 Å². The van der Waals surface area contributed by atoms with Crippen LogP contribution in [0.25, 0.3) is 0 Å². The number of carbonyl (C=O) groups excluding carboxylic acids is 1. The van der Waals surface area contributed by atoms with Crippen molar-refractivity contribution in [3.05, 3.63) is 59.2 Å². The molecule has 2 rings (SSSR count). The fourth-order valence-corrected chi connectivity index (χ4v) is 2.15. The number of esters is 1. The van der Waals surface area contributed by atoms with Crippen LogP contribution in [0.15, 0.2) is 42.5 Å². The summed E-state index contributed by atoms with van der Waals surface area (Å²) in [4.78, 5) is 11.5. The SMILES string of the molecule is COC(=O)c1ccc(NC(C)c2ccc(O)cc2)c(C)c1. The molecule has 4 heteroatoms. The van der Waals surface area contributed by atoms with Crippen molar-refractivity contribution in [1.29, 1.82) is 0 Å². The number of aromatic hydroxyl groups is 1. The predicted molar refractivity (Wildman–Crippen MR) is 82.7 cm³/mol. The summed E-state index contributed by atoms with van der Waals surface area (Å²) in [5, 5.41) is 12.7. The van der Waals surface area contributed by atoms with Gasteiger partial charge in [0.2, 0.25) is 0 Å². The van der Waals surface area contributed by atoms with Gasteiger partial charge in [0.1, 0.15) is 5.75 Å². The highest BCUT2D eigenvalue weighted by molar-refractivity contribution is 5.90. The van der Waals surface area contributed by atoms with E-state index in [1.54, 1.807) is 24.3 Å². The lowest BCUT2D eigenvalue weighted by atomic mass is 10.1. The molecule has 0 aromatic heterocycles. The first-order chi connectivity index (χ1) is 10.0. The van der Waals surface area contributed by atoms with E-state index in [9.17, 15) is 9.90 Å². The van der Waals surface area contributed by atoms with Crippen molar-refractivity contribution in [3.8, 4) is 5.75 Å². The summed E-state index contributed by atoms with van der Waals surface area (Å²) in [6, 6.07) is 12.6. The number of rotatable bonds is 4. The lowest BCUT2D eigenvalue weighted by Crippen LogP contribution is -2.08. The van der Waals surface area contributed by atoms with E-state index in [1.807, 2.05) is 32.0 Å². The Bertz CT molecular complexity index is 635. The van der Waals surface area contributed by atoms with Crippen LogP contribution in [0.5, 0.6) is 5.75 Å². The van der Waals surface area contributed by atoms with Gasteiger partial charge in [-0.15, -0.1) is 0 Å². The van der Waals surface area contributed by atoms with E-state index in [0.717, 1.165) is 16.8 Å². The molecule has 0 fully saturated rings. The highest BCUT2D eigenvalue weighted by atomic mass is 16.5. The van der Waals surface area contributed by atoms with Gasteiger partial charge in [-0.25, -0.2) is 4.79 Å². The Balaban J connectivity index is 2.15. The van der Waals surface area contributed by atoms with Crippen molar-refractivity contribution in [2.75, 3.05) is 12.4 Å². The summed E-state index contributed by atoms with van der Waals surface area (Å²) in [7, 11) is 1.37. The lowest BCUT2D eigenvalue weighted by molar-refractivity contribution is 0.0600. The van der Waals surface area contributed by atoms with Gasteiger partial charge in [-0.05, 0) is 55.3 Å². The molecule has 4 nitrogen and oxygen atoms in total. The molecule has 0 amide bonds. The van der Waals surface area contributed by atoms with E-state index in [-0.39, 0.29) is 17.8 Å². The van der Waals surface area contributed by atoms with Gasteiger partial charge in [0.15, 0.2) is 0 Å². The number of phenolic OH excluding ortho intramolecular Hbond substituents is 1. The summed E-state index contributed by atoms with van der Waals surface area (Å²) < 4.78 is 4.71. The third-order valence-electron chi connectivity index (χ3n) is 3.41. The highest BCUT2D eigenvalue weighted by Crippen LogP contribution is 2.24. The molecule has 0 aliphatic heterocycles. The quantitative estimate of drug-likeness (QED) is 0.842. The Labute approximate surface area is 124 Å². The number of carbonyl (C=O) groups is 1.